The zero-order valence-electron chi connectivity index (χ0n) is 35.1. The summed E-state index contributed by atoms with van der Waals surface area (Å²) in [5.74, 6) is 0. The van der Waals surface area contributed by atoms with Gasteiger partial charge < -0.3 is 9.47 Å². The first-order valence-corrected chi connectivity index (χ1v) is 22.0. The Hall–Kier alpha value is -8.46. The molecule has 12 aromatic rings. The van der Waals surface area contributed by atoms with Crippen LogP contribution in [0.25, 0.3) is 93.5 Å². The van der Waals surface area contributed by atoms with Crippen LogP contribution < -0.4 is 4.90 Å². The summed E-state index contributed by atoms with van der Waals surface area (Å²) in [7, 11) is 0. The quantitative estimate of drug-likeness (QED) is 0.139. The van der Waals surface area contributed by atoms with E-state index >= 15 is 0 Å². The number of anilines is 3. The minimum atomic E-state index is 1.10. The van der Waals surface area contributed by atoms with Crippen molar-refractivity contribution in [3.63, 3.8) is 0 Å². The maximum atomic E-state index is 2.40. The molecule has 300 valence electrons. The second-order valence-electron chi connectivity index (χ2n) is 16.5. The van der Waals surface area contributed by atoms with E-state index in [1.165, 1.54) is 87.9 Å². The number of fused-ring (bicyclic) bond motifs is 5. The zero-order valence-corrected chi connectivity index (χ0v) is 35.1. The summed E-state index contributed by atoms with van der Waals surface area (Å²) in [4.78, 5) is 2.34. The molecule has 0 atom stereocenters. The number of nitrogens with zero attached hydrogens (tertiary/aromatic N) is 2. The van der Waals surface area contributed by atoms with Gasteiger partial charge >= 0.3 is 0 Å². The van der Waals surface area contributed by atoms with Crippen LogP contribution in [0.2, 0.25) is 0 Å². The first-order chi connectivity index (χ1) is 31.8. The van der Waals surface area contributed by atoms with Crippen LogP contribution in [-0.2, 0) is 0 Å². The third-order valence-electron chi connectivity index (χ3n) is 12.8. The van der Waals surface area contributed by atoms with Crippen LogP contribution in [0.5, 0.6) is 0 Å². The predicted molar refractivity (Wildman–Crippen MR) is 272 cm³/mol. The fourth-order valence-electron chi connectivity index (χ4n) is 9.82. The molecular weight excluding hydrogens is 773 g/mol. The Morgan fingerprint density at radius 3 is 1.11 bits per heavy atom. The van der Waals surface area contributed by atoms with Crippen molar-refractivity contribution in [2.24, 2.45) is 0 Å². The van der Waals surface area contributed by atoms with E-state index in [9.17, 15) is 0 Å². The van der Waals surface area contributed by atoms with Crippen molar-refractivity contribution in [2.45, 2.75) is 0 Å². The lowest BCUT2D eigenvalue weighted by Gasteiger charge is -2.26. The third-order valence-corrected chi connectivity index (χ3v) is 12.8. The van der Waals surface area contributed by atoms with Crippen LogP contribution in [0.1, 0.15) is 0 Å². The van der Waals surface area contributed by atoms with Crippen LogP contribution in [-0.4, -0.2) is 4.57 Å². The molecule has 0 N–H and O–H groups in total. The van der Waals surface area contributed by atoms with E-state index in [0.717, 1.165) is 22.7 Å². The van der Waals surface area contributed by atoms with Gasteiger partial charge in [-0.15, -0.1) is 0 Å². The maximum absolute atomic E-state index is 2.40. The van der Waals surface area contributed by atoms with Crippen molar-refractivity contribution in [3.8, 4) is 50.2 Å². The summed E-state index contributed by atoms with van der Waals surface area (Å²) in [6.07, 6.45) is 0. The molecule has 2 heteroatoms. The van der Waals surface area contributed by atoms with Gasteiger partial charge in [0.25, 0.3) is 0 Å². The molecule has 0 saturated heterocycles. The van der Waals surface area contributed by atoms with Crippen molar-refractivity contribution >= 4 is 60.4 Å². The van der Waals surface area contributed by atoms with Crippen LogP contribution in [0.3, 0.4) is 0 Å². The summed E-state index contributed by atoms with van der Waals surface area (Å²) < 4.78 is 2.37. The summed E-state index contributed by atoms with van der Waals surface area (Å²) in [6, 6.07) is 92.5. The third kappa shape index (κ3) is 6.44. The van der Waals surface area contributed by atoms with E-state index in [2.05, 4.69) is 264 Å². The molecule has 0 bridgehead atoms. The number of aromatic nitrogens is 1. The molecule has 0 fully saturated rings. The molecule has 0 aliphatic heterocycles. The van der Waals surface area contributed by atoms with Gasteiger partial charge in [0.15, 0.2) is 0 Å². The van der Waals surface area contributed by atoms with Gasteiger partial charge in [0.1, 0.15) is 0 Å². The topological polar surface area (TPSA) is 8.17 Å². The zero-order chi connectivity index (χ0) is 42.4. The van der Waals surface area contributed by atoms with E-state index in [1.54, 1.807) is 0 Å². The van der Waals surface area contributed by atoms with Gasteiger partial charge in [-0.2, -0.15) is 0 Å². The molecule has 12 rings (SSSR count). The molecule has 0 saturated carbocycles. The van der Waals surface area contributed by atoms with Crippen molar-refractivity contribution in [2.75, 3.05) is 4.90 Å². The summed E-state index contributed by atoms with van der Waals surface area (Å²) in [5, 5.41) is 7.56. The fraction of sp³-hybridized carbons (Fsp3) is 0. The highest BCUT2D eigenvalue weighted by Gasteiger charge is 2.19. The fourth-order valence-corrected chi connectivity index (χ4v) is 9.82. The normalized spacial score (nSPS) is 11.4. The first-order valence-electron chi connectivity index (χ1n) is 22.0. The summed E-state index contributed by atoms with van der Waals surface area (Å²) in [5.41, 5.74) is 16.6. The number of rotatable bonds is 8. The Kier molecular flexibility index (Phi) is 9.20. The van der Waals surface area contributed by atoms with Gasteiger partial charge in [0, 0.05) is 33.5 Å². The lowest BCUT2D eigenvalue weighted by atomic mass is 9.85. The standard InChI is InChI=1S/C62H42N2/c1-4-16-46(17-5-1)61-55-24-10-11-25-56(55)62(47-18-6-2-7-19-47)58-42-48(34-41-57(58)61)45-32-37-51(38-33-45)63(49-20-8-3-9-21-49)50-35-28-43(29-36-50)44-30-39-52(40-31-44)64-59-26-14-12-22-53(59)54-23-13-15-27-60(54)64/h1-42H. The van der Waals surface area contributed by atoms with Crippen molar-refractivity contribution < 1.29 is 0 Å². The van der Waals surface area contributed by atoms with E-state index in [4.69, 9.17) is 0 Å². The smallest absolute Gasteiger partial charge is 0.0541 e. The molecule has 1 aromatic heterocycles. The highest BCUT2D eigenvalue weighted by atomic mass is 15.1. The van der Waals surface area contributed by atoms with Crippen LogP contribution in [0, 0.1) is 0 Å². The average Bonchev–Trinajstić information content (AvgIpc) is 3.71. The molecule has 0 aliphatic carbocycles. The highest BCUT2D eigenvalue weighted by Crippen LogP contribution is 2.45. The SMILES string of the molecule is c1ccc(-c2c3ccccc3c(-c3ccccc3)c3cc(-c4ccc(N(c5ccccc5)c5ccc(-c6ccc(-n7c8ccccc8c8ccccc87)cc6)cc5)cc4)ccc23)cc1. The molecule has 0 amide bonds. The molecule has 0 unspecified atom stereocenters. The Balaban J connectivity index is 0.900. The lowest BCUT2D eigenvalue weighted by molar-refractivity contribution is 1.18. The molecule has 0 aliphatic rings. The second-order valence-corrected chi connectivity index (χ2v) is 16.5. The van der Waals surface area contributed by atoms with Crippen molar-refractivity contribution in [1.82, 2.24) is 4.57 Å². The predicted octanol–water partition coefficient (Wildman–Crippen LogP) is 17.2. The van der Waals surface area contributed by atoms with E-state index in [1.807, 2.05) is 0 Å². The minimum Gasteiger partial charge on any atom is -0.311 e. The lowest BCUT2D eigenvalue weighted by Crippen LogP contribution is -2.09. The number of para-hydroxylation sites is 3. The number of benzene rings is 11. The van der Waals surface area contributed by atoms with Gasteiger partial charge in [-0.1, -0.05) is 188 Å². The van der Waals surface area contributed by atoms with Gasteiger partial charge in [0.05, 0.1) is 11.0 Å². The number of hydrogen-bond donors (Lipinski definition) is 0. The Morgan fingerprint density at radius 1 is 0.234 bits per heavy atom. The van der Waals surface area contributed by atoms with Crippen LogP contribution >= 0.6 is 0 Å². The largest absolute Gasteiger partial charge is 0.311 e. The summed E-state index contributed by atoms with van der Waals surface area (Å²) in [6.45, 7) is 0. The molecule has 2 nitrogen and oxygen atoms in total. The van der Waals surface area contributed by atoms with Gasteiger partial charge in [0.2, 0.25) is 0 Å². The van der Waals surface area contributed by atoms with Crippen molar-refractivity contribution in [1.29, 1.82) is 0 Å². The maximum Gasteiger partial charge on any atom is 0.0541 e. The van der Waals surface area contributed by atoms with E-state index in [0.29, 0.717) is 0 Å². The van der Waals surface area contributed by atoms with Gasteiger partial charge in [-0.25, -0.2) is 0 Å². The second kappa shape index (κ2) is 15.8. The highest BCUT2D eigenvalue weighted by molar-refractivity contribution is 6.22. The Labute approximate surface area is 373 Å². The number of hydrogen-bond acceptors (Lipinski definition) is 1. The summed E-state index contributed by atoms with van der Waals surface area (Å²) >= 11 is 0. The van der Waals surface area contributed by atoms with Gasteiger partial charge in [-0.3, -0.25) is 0 Å². The first kappa shape index (κ1) is 37.3. The van der Waals surface area contributed by atoms with Crippen LogP contribution in [0.4, 0.5) is 17.1 Å². The molecular formula is C62H42N2. The minimum absolute atomic E-state index is 1.10. The molecule has 1 heterocycles. The van der Waals surface area contributed by atoms with E-state index in [-0.39, 0.29) is 0 Å². The van der Waals surface area contributed by atoms with Gasteiger partial charge in [-0.05, 0) is 133 Å². The molecule has 11 aromatic carbocycles. The monoisotopic (exact) mass is 814 g/mol. The van der Waals surface area contributed by atoms with Crippen LogP contribution in [0.15, 0.2) is 255 Å². The van der Waals surface area contributed by atoms with E-state index < -0.39 is 0 Å². The average molecular weight is 815 g/mol. The Morgan fingerprint density at radius 2 is 0.594 bits per heavy atom. The molecule has 0 spiro atoms. The van der Waals surface area contributed by atoms with Crippen molar-refractivity contribution in [3.05, 3.63) is 255 Å². The molecule has 64 heavy (non-hydrogen) atoms. The Bertz CT molecular complexity index is 3560. The molecule has 0 radical (unpaired) electrons.